The number of hydrogen-bond donors (Lipinski definition) is 1. The fraction of sp³-hybridized carbons (Fsp3) is 0.190. The van der Waals surface area contributed by atoms with E-state index in [1.165, 1.54) is 16.3 Å². The molecule has 1 amide bonds. The van der Waals surface area contributed by atoms with E-state index >= 15 is 0 Å². The summed E-state index contributed by atoms with van der Waals surface area (Å²) in [5, 5.41) is 4.28. The fourth-order valence-corrected chi connectivity index (χ4v) is 3.93. The van der Waals surface area contributed by atoms with Crippen LogP contribution < -0.4 is 10.9 Å². The van der Waals surface area contributed by atoms with Gasteiger partial charge in [-0.2, -0.15) is 0 Å². The maximum absolute atomic E-state index is 12.8. The first-order chi connectivity index (χ1) is 13.4. The zero-order valence-electron chi connectivity index (χ0n) is 15.7. The minimum atomic E-state index is -0.204. The summed E-state index contributed by atoms with van der Waals surface area (Å²) in [4.78, 5) is 29.7. The van der Waals surface area contributed by atoms with Gasteiger partial charge in [0.15, 0.2) is 5.16 Å². The molecule has 0 bridgehead atoms. The van der Waals surface area contributed by atoms with Crippen LogP contribution in [-0.2, 0) is 11.3 Å². The second-order valence-electron chi connectivity index (χ2n) is 6.47. The average Bonchev–Trinajstić information content (AvgIpc) is 2.62. The Kier molecular flexibility index (Phi) is 6.21. The molecule has 0 unspecified atom stereocenters. The highest BCUT2D eigenvalue weighted by atomic mass is 35.5. The molecule has 1 aromatic heterocycles. The molecule has 1 N–H and O–H groups in total. The Balaban J connectivity index is 1.83. The van der Waals surface area contributed by atoms with Crippen molar-refractivity contribution < 1.29 is 4.79 Å². The normalized spacial score (nSPS) is 10.8. The van der Waals surface area contributed by atoms with E-state index < -0.39 is 0 Å². The van der Waals surface area contributed by atoms with Crippen LogP contribution in [0.1, 0.15) is 11.1 Å². The van der Waals surface area contributed by atoms with Gasteiger partial charge in [-0.3, -0.25) is 14.2 Å². The Morgan fingerprint density at radius 3 is 2.64 bits per heavy atom. The monoisotopic (exact) mass is 413 g/mol. The second kappa shape index (κ2) is 8.63. The second-order valence-corrected chi connectivity index (χ2v) is 7.85. The molecular weight excluding hydrogens is 394 g/mol. The van der Waals surface area contributed by atoms with Gasteiger partial charge in [0.25, 0.3) is 5.56 Å². The first-order valence-electron chi connectivity index (χ1n) is 8.69. The van der Waals surface area contributed by atoms with E-state index in [-0.39, 0.29) is 17.2 Å². The number of nitrogens with zero attached hydrogens (tertiary/aromatic N) is 2. The molecule has 0 radical (unpaired) electrons. The number of aromatic nitrogens is 2. The van der Waals surface area contributed by atoms with Gasteiger partial charge in [0.1, 0.15) is 0 Å². The van der Waals surface area contributed by atoms with Gasteiger partial charge in [-0.1, -0.05) is 35.5 Å². The predicted octanol–water partition coefficient (Wildman–Crippen LogP) is 4.58. The molecule has 0 saturated heterocycles. The van der Waals surface area contributed by atoms with Crippen LogP contribution in [0, 0.1) is 13.8 Å². The highest BCUT2D eigenvalue weighted by Crippen LogP contribution is 2.21. The van der Waals surface area contributed by atoms with Gasteiger partial charge < -0.3 is 5.32 Å². The molecule has 28 heavy (non-hydrogen) atoms. The number of allylic oxidation sites excluding steroid dienone is 1. The summed E-state index contributed by atoms with van der Waals surface area (Å²) in [5.74, 6) is -0.0269. The van der Waals surface area contributed by atoms with Gasteiger partial charge in [-0.15, -0.1) is 6.58 Å². The van der Waals surface area contributed by atoms with E-state index in [9.17, 15) is 9.59 Å². The van der Waals surface area contributed by atoms with Gasteiger partial charge in [0, 0.05) is 17.3 Å². The summed E-state index contributed by atoms with van der Waals surface area (Å²) < 4.78 is 1.50. The number of rotatable bonds is 6. The topological polar surface area (TPSA) is 64.0 Å². The van der Waals surface area contributed by atoms with Crippen molar-refractivity contribution >= 4 is 45.9 Å². The van der Waals surface area contributed by atoms with Crippen molar-refractivity contribution in [3.05, 3.63) is 75.6 Å². The van der Waals surface area contributed by atoms with Crippen LogP contribution >= 0.6 is 23.4 Å². The quantitative estimate of drug-likeness (QED) is 0.365. The van der Waals surface area contributed by atoms with E-state index in [1.54, 1.807) is 24.3 Å². The third-order valence-electron chi connectivity index (χ3n) is 4.03. The molecule has 2 aromatic carbocycles. The summed E-state index contributed by atoms with van der Waals surface area (Å²) >= 11 is 7.22. The molecule has 7 heteroatoms. The number of nitrogens with one attached hydrogen (secondary N) is 1. The Morgan fingerprint density at radius 1 is 1.25 bits per heavy atom. The third kappa shape index (κ3) is 4.64. The Hall–Kier alpha value is -2.57. The lowest BCUT2D eigenvalue weighted by molar-refractivity contribution is -0.113. The molecule has 0 aliphatic carbocycles. The molecule has 3 rings (SSSR count). The van der Waals surface area contributed by atoms with E-state index in [0.717, 1.165) is 16.8 Å². The molecule has 0 spiro atoms. The lowest BCUT2D eigenvalue weighted by Gasteiger charge is -2.12. The standard InChI is InChI=1S/C21H20ClN3O2S/c1-4-7-25-20(27)17-11-15(22)5-6-18(17)24-21(25)28-12-19(26)23-16-9-13(2)8-14(3)10-16/h4-6,8-11H,1,7,12H2,2-3H3,(H,23,26). The lowest BCUT2D eigenvalue weighted by Crippen LogP contribution is -2.23. The summed E-state index contributed by atoms with van der Waals surface area (Å²) in [6, 6.07) is 10.9. The van der Waals surface area contributed by atoms with Crippen LogP contribution in [0.25, 0.3) is 10.9 Å². The van der Waals surface area contributed by atoms with E-state index in [0.29, 0.717) is 27.6 Å². The number of hydrogen-bond acceptors (Lipinski definition) is 4. The minimum absolute atomic E-state index is 0.135. The first-order valence-corrected chi connectivity index (χ1v) is 10.1. The molecule has 0 aliphatic heterocycles. The zero-order valence-corrected chi connectivity index (χ0v) is 17.2. The van der Waals surface area contributed by atoms with Crippen molar-refractivity contribution in [3.63, 3.8) is 0 Å². The number of carbonyl (C=O) groups excluding carboxylic acids is 1. The zero-order chi connectivity index (χ0) is 20.3. The fourth-order valence-electron chi connectivity index (χ4n) is 2.95. The Bertz CT molecular complexity index is 1100. The number of anilines is 1. The number of benzene rings is 2. The number of carbonyl (C=O) groups is 1. The smallest absolute Gasteiger partial charge is 0.262 e. The number of fused-ring (bicyclic) bond motifs is 1. The van der Waals surface area contributed by atoms with Crippen LogP contribution in [0.3, 0.4) is 0 Å². The highest BCUT2D eigenvalue weighted by Gasteiger charge is 2.13. The number of thioether (sulfide) groups is 1. The van der Waals surface area contributed by atoms with Crippen molar-refractivity contribution in [2.24, 2.45) is 0 Å². The van der Waals surface area contributed by atoms with Crippen molar-refractivity contribution in [3.8, 4) is 0 Å². The van der Waals surface area contributed by atoms with Crippen molar-refractivity contribution in [2.75, 3.05) is 11.1 Å². The largest absolute Gasteiger partial charge is 0.325 e. The Morgan fingerprint density at radius 2 is 1.96 bits per heavy atom. The van der Waals surface area contributed by atoms with Crippen LogP contribution in [0.5, 0.6) is 0 Å². The SMILES string of the molecule is C=CCn1c(SCC(=O)Nc2cc(C)cc(C)c2)nc2ccc(Cl)cc2c1=O. The number of halogens is 1. The van der Waals surface area contributed by atoms with Crippen LogP contribution in [-0.4, -0.2) is 21.2 Å². The molecule has 1 heterocycles. The first kappa shape index (κ1) is 20.2. The molecule has 144 valence electrons. The van der Waals surface area contributed by atoms with Gasteiger partial charge >= 0.3 is 0 Å². The lowest BCUT2D eigenvalue weighted by atomic mass is 10.1. The molecule has 3 aromatic rings. The Labute approximate surface area is 172 Å². The van der Waals surface area contributed by atoms with Crippen molar-refractivity contribution in [1.82, 2.24) is 9.55 Å². The molecule has 0 aliphatic rings. The van der Waals surface area contributed by atoms with Gasteiger partial charge in [-0.25, -0.2) is 4.98 Å². The van der Waals surface area contributed by atoms with E-state index in [4.69, 9.17) is 11.6 Å². The van der Waals surface area contributed by atoms with Gasteiger partial charge in [0.05, 0.1) is 16.7 Å². The number of amides is 1. The molecule has 5 nitrogen and oxygen atoms in total. The summed E-state index contributed by atoms with van der Waals surface area (Å²) in [6.45, 7) is 7.97. The summed E-state index contributed by atoms with van der Waals surface area (Å²) in [5.41, 5.74) is 3.26. The van der Waals surface area contributed by atoms with Crippen molar-refractivity contribution in [2.45, 2.75) is 25.5 Å². The van der Waals surface area contributed by atoms with E-state index in [2.05, 4.69) is 16.9 Å². The molecule has 0 saturated carbocycles. The average molecular weight is 414 g/mol. The van der Waals surface area contributed by atoms with Crippen LogP contribution in [0.4, 0.5) is 5.69 Å². The minimum Gasteiger partial charge on any atom is -0.325 e. The van der Waals surface area contributed by atoms with Crippen LogP contribution in [0.2, 0.25) is 5.02 Å². The molecule has 0 atom stereocenters. The van der Waals surface area contributed by atoms with Gasteiger partial charge in [-0.05, 0) is 55.3 Å². The maximum atomic E-state index is 12.8. The predicted molar refractivity (Wildman–Crippen MR) is 116 cm³/mol. The third-order valence-corrected chi connectivity index (χ3v) is 5.24. The number of aryl methyl sites for hydroxylation is 2. The van der Waals surface area contributed by atoms with E-state index in [1.807, 2.05) is 32.0 Å². The maximum Gasteiger partial charge on any atom is 0.262 e. The van der Waals surface area contributed by atoms with Crippen LogP contribution in [0.15, 0.2) is 59.0 Å². The summed E-state index contributed by atoms with van der Waals surface area (Å²) in [7, 11) is 0. The van der Waals surface area contributed by atoms with Crippen molar-refractivity contribution in [1.29, 1.82) is 0 Å². The van der Waals surface area contributed by atoms with Gasteiger partial charge in [0.2, 0.25) is 5.91 Å². The molecular formula is C21H20ClN3O2S. The molecule has 0 fully saturated rings. The highest BCUT2D eigenvalue weighted by molar-refractivity contribution is 7.99. The summed E-state index contributed by atoms with van der Waals surface area (Å²) in [6.07, 6.45) is 1.62.